The van der Waals surface area contributed by atoms with Crippen molar-refractivity contribution in [2.75, 3.05) is 5.32 Å². The highest BCUT2D eigenvalue weighted by Gasteiger charge is 2.19. The van der Waals surface area contributed by atoms with Gasteiger partial charge in [-0.15, -0.1) is 0 Å². The van der Waals surface area contributed by atoms with E-state index >= 15 is 0 Å². The molecule has 1 fully saturated rings. The third-order valence-electron chi connectivity index (χ3n) is 4.02. The second kappa shape index (κ2) is 5.57. The molecule has 2 atom stereocenters. The van der Waals surface area contributed by atoms with Crippen LogP contribution in [0.1, 0.15) is 50.7 Å². The first-order valence-corrected chi connectivity index (χ1v) is 7.05. The predicted octanol–water partition coefficient (Wildman–Crippen LogP) is 4.55. The van der Waals surface area contributed by atoms with Crippen LogP contribution in [0.15, 0.2) is 18.2 Å². The Bertz CT molecular complexity index is 370. The van der Waals surface area contributed by atoms with Gasteiger partial charge in [0.2, 0.25) is 0 Å². The van der Waals surface area contributed by atoms with Crippen LogP contribution in [0.4, 0.5) is 5.69 Å². The van der Waals surface area contributed by atoms with Crippen molar-refractivity contribution in [3.63, 3.8) is 0 Å². The van der Waals surface area contributed by atoms with Gasteiger partial charge in [-0.05, 0) is 43.2 Å². The molecule has 2 unspecified atom stereocenters. The molecule has 1 saturated carbocycles. The van der Waals surface area contributed by atoms with Crippen LogP contribution in [0.5, 0.6) is 0 Å². The van der Waals surface area contributed by atoms with E-state index in [-0.39, 0.29) is 0 Å². The summed E-state index contributed by atoms with van der Waals surface area (Å²) in [5.74, 6) is 0.885. The van der Waals surface area contributed by atoms with Crippen molar-refractivity contribution in [3.05, 3.63) is 29.3 Å². The van der Waals surface area contributed by atoms with E-state index in [0.29, 0.717) is 6.04 Å². The van der Waals surface area contributed by atoms with Gasteiger partial charge in [-0.3, -0.25) is 0 Å². The normalized spacial score (nSPS) is 24.6. The van der Waals surface area contributed by atoms with Crippen LogP contribution in [0, 0.1) is 12.8 Å². The quantitative estimate of drug-likeness (QED) is 0.805. The third-order valence-corrected chi connectivity index (χ3v) is 4.02. The Morgan fingerprint density at radius 1 is 1.29 bits per heavy atom. The molecule has 1 aromatic carbocycles. The minimum absolute atomic E-state index is 0.685. The van der Waals surface area contributed by atoms with Gasteiger partial charge in [0, 0.05) is 11.7 Å². The predicted molar refractivity (Wildman–Crippen MR) is 75.6 cm³/mol. The van der Waals surface area contributed by atoms with E-state index in [1.165, 1.54) is 42.5 Å². The molecule has 0 amide bonds. The molecule has 94 valence electrons. The van der Waals surface area contributed by atoms with Crippen molar-refractivity contribution in [3.8, 4) is 0 Å². The highest BCUT2D eigenvalue weighted by molar-refractivity contribution is 5.57. The minimum Gasteiger partial charge on any atom is -0.382 e. The molecule has 1 heteroatoms. The second-order valence-corrected chi connectivity index (χ2v) is 5.58. The summed E-state index contributed by atoms with van der Waals surface area (Å²) < 4.78 is 0. The second-order valence-electron chi connectivity index (χ2n) is 5.58. The highest BCUT2D eigenvalue weighted by atomic mass is 14.9. The van der Waals surface area contributed by atoms with Gasteiger partial charge in [0.25, 0.3) is 0 Å². The Morgan fingerprint density at radius 2 is 2.12 bits per heavy atom. The fraction of sp³-hybridized carbons (Fsp3) is 0.625. The Morgan fingerprint density at radius 3 is 2.82 bits per heavy atom. The standard InChI is InChI=1S/C16H25N/c1-4-14-9-6-8-13(3)16(14)17-15-10-5-7-12(2)11-15/h6,8-9,12,15,17H,4-5,7,10-11H2,1-3H3. The maximum Gasteiger partial charge on any atom is 0.0404 e. The van der Waals surface area contributed by atoms with E-state index in [9.17, 15) is 0 Å². The van der Waals surface area contributed by atoms with Crippen molar-refractivity contribution in [2.24, 2.45) is 5.92 Å². The zero-order valence-corrected chi connectivity index (χ0v) is 11.4. The Labute approximate surface area is 106 Å². The molecule has 1 aliphatic rings. The Balaban J connectivity index is 2.12. The van der Waals surface area contributed by atoms with Gasteiger partial charge in [-0.25, -0.2) is 0 Å². The zero-order chi connectivity index (χ0) is 12.3. The third kappa shape index (κ3) is 3.02. The number of rotatable bonds is 3. The van der Waals surface area contributed by atoms with Crippen LogP contribution in [-0.2, 0) is 6.42 Å². The molecule has 1 nitrogen and oxygen atoms in total. The van der Waals surface area contributed by atoms with Crippen molar-refractivity contribution in [2.45, 2.75) is 58.9 Å². The smallest absolute Gasteiger partial charge is 0.0404 e. The van der Waals surface area contributed by atoms with Gasteiger partial charge < -0.3 is 5.32 Å². The maximum absolute atomic E-state index is 3.80. The van der Waals surface area contributed by atoms with E-state index in [1.807, 2.05) is 0 Å². The molecule has 0 radical (unpaired) electrons. The number of aryl methyl sites for hydroxylation is 2. The summed E-state index contributed by atoms with van der Waals surface area (Å²) in [5.41, 5.74) is 4.25. The number of para-hydroxylation sites is 1. The molecule has 0 spiro atoms. The molecule has 0 aliphatic heterocycles. The molecule has 0 saturated heterocycles. The summed E-state index contributed by atoms with van der Waals surface area (Å²) in [6.45, 7) is 6.84. The summed E-state index contributed by atoms with van der Waals surface area (Å²) in [5, 5.41) is 3.80. The lowest BCUT2D eigenvalue weighted by molar-refractivity contribution is 0.358. The number of hydrogen-bond donors (Lipinski definition) is 1. The number of nitrogens with one attached hydrogen (secondary N) is 1. The fourth-order valence-corrected chi connectivity index (χ4v) is 3.00. The molecule has 1 aromatic rings. The average molecular weight is 231 g/mol. The lowest BCUT2D eigenvalue weighted by Crippen LogP contribution is -2.27. The van der Waals surface area contributed by atoms with Crippen molar-refractivity contribution in [1.82, 2.24) is 0 Å². The minimum atomic E-state index is 0.685. The molecule has 0 aromatic heterocycles. The van der Waals surface area contributed by atoms with Gasteiger partial charge >= 0.3 is 0 Å². The molecule has 17 heavy (non-hydrogen) atoms. The highest BCUT2D eigenvalue weighted by Crippen LogP contribution is 2.29. The number of hydrogen-bond acceptors (Lipinski definition) is 1. The van der Waals surface area contributed by atoms with Crippen molar-refractivity contribution in [1.29, 1.82) is 0 Å². The van der Waals surface area contributed by atoms with Gasteiger partial charge in [0.1, 0.15) is 0 Å². The van der Waals surface area contributed by atoms with E-state index in [4.69, 9.17) is 0 Å². The summed E-state index contributed by atoms with van der Waals surface area (Å²) in [7, 11) is 0. The molecule has 2 rings (SSSR count). The Kier molecular flexibility index (Phi) is 4.09. The summed E-state index contributed by atoms with van der Waals surface area (Å²) in [4.78, 5) is 0. The van der Waals surface area contributed by atoms with Gasteiger partial charge in [-0.1, -0.05) is 44.9 Å². The van der Waals surface area contributed by atoms with Gasteiger partial charge in [0.15, 0.2) is 0 Å². The zero-order valence-electron chi connectivity index (χ0n) is 11.4. The van der Waals surface area contributed by atoms with Crippen molar-refractivity contribution >= 4 is 5.69 Å². The Hall–Kier alpha value is -0.980. The monoisotopic (exact) mass is 231 g/mol. The molecule has 0 bridgehead atoms. The van der Waals surface area contributed by atoms with Crippen LogP contribution in [0.3, 0.4) is 0 Å². The van der Waals surface area contributed by atoms with E-state index < -0.39 is 0 Å². The fourth-order valence-electron chi connectivity index (χ4n) is 3.00. The molecular weight excluding hydrogens is 206 g/mol. The largest absolute Gasteiger partial charge is 0.382 e. The van der Waals surface area contributed by atoms with Crippen LogP contribution in [0.2, 0.25) is 0 Å². The van der Waals surface area contributed by atoms with Crippen LogP contribution >= 0.6 is 0 Å². The summed E-state index contributed by atoms with van der Waals surface area (Å²) >= 11 is 0. The lowest BCUT2D eigenvalue weighted by Gasteiger charge is -2.29. The van der Waals surface area contributed by atoms with E-state index in [0.717, 1.165) is 12.3 Å². The molecule has 1 N–H and O–H groups in total. The first kappa shape index (κ1) is 12.5. The van der Waals surface area contributed by atoms with E-state index in [1.54, 1.807) is 0 Å². The van der Waals surface area contributed by atoms with Gasteiger partial charge in [-0.2, -0.15) is 0 Å². The average Bonchev–Trinajstić information content (AvgIpc) is 2.32. The topological polar surface area (TPSA) is 12.0 Å². The molecule has 1 aliphatic carbocycles. The summed E-state index contributed by atoms with van der Waals surface area (Å²) in [6.07, 6.45) is 6.57. The molecule has 0 heterocycles. The van der Waals surface area contributed by atoms with E-state index in [2.05, 4.69) is 44.3 Å². The first-order valence-electron chi connectivity index (χ1n) is 7.05. The SMILES string of the molecule is CCc1cccc(C)c1NC1CCCC(C)C1. The van der Waals surface area contributed by atoms with Crippen LogP contribution in [-0.4, -0.2) is 6.04 Å². The lowest BCUT2D eigenvalue weighted by atomic mass is 9.86. The molecular formula is C16H25N. The first-order chi connectivity index (χ1) is 8.20. The number of benzene rings is 1. The number of anilines is 1. The summed E-state index contributed by atoms with van der Waals surface area (Å²) in [6, 6.07) is 7.32. The van der Waals surface area contributed by atoms with Gasteiger partial charge in [0.05, 0.1) is 0 Å². The van der Waals surface area contributed by atoms with Crippen LogP contribution < -0.4 is 5.32 Å². The maximum atomic E-state index is 3.80. The van der Waals surface area contributed by atoms with Crippen molar-refractivity contribution < 1.29 is 0 Å². The van der Waals surface area contributed by atoms with Crippen LogP contribution in [0.25, 0.3) is 0 Å².